The third-order valence-corrected chi connectivity index (χ3v) is 4.70. The number of hydrogen-bond acceptors (Lipinski definition) is 3. The summed E-state index contributed by atoms with van der Waals surface area (Å²) in [5.41, 5.74) is 7.01. The largest absolute Gasteiger partial charge is 0.416 e. The van der Waals surface area contributed by atoms with E-state index in [0.717, 1.165) is 12.1 Å². The number of nitrogens with zero attached hydrogens (tertiary/aromatic N) is 1. The molecule has 4 aromatic rings. The minimum atomic E-state index is -4.51. The summed E-state index contributed by atoms with van der Waals surface area (Å²) in [6.07, 6.45) is -2.92. The van der Waals surface area contributed by atoms with Crippen LogP contribution in [0.1, 0.15) is 16.1 Å². The normalized spacial score (nSPS) is 11.3. The van der Waals surface area contributed by atoms with Gasteiger partial charge in [-0.3, -0.25) is 4.79 Å². The van der Waals surface area contributed by atoms with Crippen LogP contribution in [0.25, 0.3) is 22.2 Å². The van der Waals surface area contributed by atoms with E-state index in [9.17, 15) is 22.8 Å². The molecular weight excluding hydrogens is 423 g/mol. The van der Waals surface area contributed by atoms with Gasteiger partial charge in [0, 0.05) is 28.5 Å². The molecule has 3 amide bonds. The third kappa shape index (κ3) is 4.24. The van der Waals surface area contributed by atoms with Crippen molar-refractivity contribution in [2.75, 3.05) is 10.6 Å². The van der Waals surface area contributed by atoms with Gasteiger partial charge in [0.05, 0.1) is 5.56 Å². The quantitative estimate of drug-likeness (QED) is 0.359. The first-order chi connectivity index (χ1) is 15.2. The Morgan fingerprint density at radius 2 is 1.66 bits per heavy atom. The van der Waals surface area contributed by atoms with Crippen molar-refractivity contribution in [3.05, 3.63) is 78.1 Å². The monoisotopic (exact) mass is 439 g/mol. The maximum absolute atomic E-state index is 12.8. The summed E-state index contributed by atoms with van der Waals surface area (Å²) in [6.45, 7) is 0. The van der Waals surface area contributed by atoms with Gasteiger partial charge in [0.15, 0.2) is 0 Å². The predicted molar refractivity (Wildman–Crippen MR) is 114 cm³/mol. The first-order valence-corrected chi connectivity index (χ1v) is 9.34. The van der Waals surface area contributed by atoms with Gasteiger partial charge in [-0.1, -0.05) is 18.2 Å². The van der Waals surface area contributed by atoms with E-state index in [2.05, 4.69) is 20.6 Å². The molecule has 0 fully saturated rings. The average molecular weight is 439 g/mol. The van der Waals surface area contributed by atoms with Crippen LogP contribution in [-0.2, 0) is 6.18 Å². The number of nitrogens with one attached hydrogen (secondary N) is 3. The molecule has 0 aliphatic rings. The molecule has 10 heteroatoms. The summed E-state index contributed by atoms with van der Waals surface area (Å²) in [4.78, 5) is 31.2. The Kier molecular flexibility index (Phi) is 5.27. The fourth-order valence-electron chi connectivity index (χ4n) is 3.29. The maximum Gasteiger partial charge on any atom is 0.416 e. The van der Waals surface area contributed by atoms with E-state index >= 15 is 0 Å². The number of alkyl halides is 3. The lowest BCUT2D eigenvalue weighted by atomic mass is 10.0. The van der Waals surface area contributed by atoms with Gasteiger partial charge >= 0.3 is 12.2 Å². The van der Waals surface area contributed by atoms with Crippen molar-refractivity contribution in [3.63, 3.8) is 0 Å². The zero-order chi connectivity index (χ0) is 22.9. The lowest BCUT2D eigenvalue weighted by Crippen LogP contribution is -2.19. The highest BCUT2D eigenvalue weighted by Gasteiger charge is 2.30. The second-order valence-corrected chi connectivity index (χ2v) is 6.87. The number of amides is 3. The summed E-state index contributed by atoms with van der Waals surface area (Å²) in [7, 11) is 0. The molecule has 0 saturated heterocycles. The Bertz CT molecular complexity index is 1310. The van der Waals surface area contributed by atoms with Crippen LogP contribution in [-0.4, -0.2) is 21.9 Å². The molecule has 162 valence electrons. The molecule has 0 atom stereocenters. The van der Waals surface area contributed by atoms with Crippen molar-refractivity contribution >= 4 is 34.3 Å². The minimum absolute atomic E-state index is 0.00587. The van der Waals surface area contributed by atoms with Gasteiger partial charge in [-0.25, -0.2) is 9.78 Å². The molecule has 5 N–H and O–H groups in total. The van der Waals surface area contributed by atoms with Crippen LogP contribution in [0.4, 0.5) is 29.3 Å². The summed E-state index contributed by atoms with van der Waals surface area (Å²) in [5, 5.41) is 5.63. The summed E-state index contributed by atoms with van der Waals surface area (Å²) >= 11 is 0. The predicted octanol–water partition coefficient (Wildman–Crippen LogP) is 4.99. The number of halogens is 3. The molecular formula is C22H16F3N5O2. The van der Waals surface area contributed by atoms with Crippen LogP contribution in [0.5, 0.6) is 0 Å². The van der Waals surface area contributed by atoms with Crippen molar-refractivity contribution in [1.29, 1.82) is 0 Å². The molecule has 0 unspecified atom stereocenters. The fraction of sp³-hybridized carbons (Fsp3) is 0.0455. The first-order valence-electron chi connectivity index (χ1n) is 9.34. The Labute approximate surface area is 179 Å². The molecule has 2 aromatic carbocycles. The highest BCUT2D eigenvalue weighted by Crippen LogP contribution is 2.33. The number of fused-ring (bicyclic) bond motifs is 1. The number of hydrogen-bond donors (Lipinski definition) is 4. The Morgan fingerprint density at radius 1 is 0.938 bits per heavy atom. The highest BCUT2D eigenvalue weighted by atomic mass is 19.4. The summed E-state index contributed by atoms with van der Waals surface area (Å²) in [5.74, 6) is -0.638. The number of urea groups is 1. The molecule has 2 aromatic heterocycles. The number of aromatic nitrogens is 2. The van der Waals surface area contributed by atoms with E-state index in [4.69, 9.17) is 5.73 Å². The Hall–Kier alpha value is -4.34. The van der Waals surface area contributed by atoms with Gasteiger partial charge in [0.1, 0.15) is 11.3 Å². The van der Waals surface area contributed by atoms with E-state index in [0.29, 0.717) is 27.8 Å². The second kappa shape index (κ2) is 8.06. The zero-order valence-corrected chi connectivity index (χ0v) is 16.3. The lowest BCUT2D eigenvalue weighted by molar-refractivity contribution is -0.137. The summed E-state index contributed by atoms with van der Waals surface area (Å²) in [6, 6.07) is 13.7. The zero-order valence-electron chi connectivity index (χ0n) is 16.3. The Morgan fingerprint density at radius 3 is 2.34 bits per heavy atom. The van der Waals surface area contributed by atoms with Crippen molar-refractivity contribution in [1.82, 2.24) is 9.97 Å². The maximum atomic E-state index is 12.8. The SMILES string of the molecule is NC(=O)c1[nH]c2ncccc2c1-c1ccc(NC(=O)Nc2cccc(C(F)(F)F)c2)cc1. The van der Waals surface area contributed by atoms with E-state index in [1.807, 2.05) is 0 Å². The number of primary amides is 1. The standard InChI is InChI=1S/C22H16F3N5O2/c23-22(24,25)13-3-1-4-15(11-13)29-21(32)28-14-8-6-12(7-9-14)17-16-5-2-10-27-20(16)30-18(17)19(26)31/h1-11H,(H2,26,31)(H,27,30)(H2,28,29,32). The lowest BCUT2D eigenvalue weighted by Gasteiger charge is -2.11. The number of rotatable bonds is 4. The molecule has 0 aliphatic carbocycles. The molecule has 32 heavy (non-hydrogen) atoms. The number of carbonyl (C=O) groups excluding carboxylic acids is 2. The van der Waals surface area contributed by atoms with Crippen molar-refractivity contribution in [2.24, 2.45) is 5.73 Å². The van der Waals surface area contributed by atoms with Crippen LogP contribution in [0.15, 0.2) is 66.9 Å². The molecule has 0 radical (unpaired) electrons. The summed E-state index contributed by atoms with van der Waals surface area (Å²) < 4.78 is 38.5. The van der Waals surface area contributed by atoms with Gasteiger partial charge in [0.2, 0.25) is 0 Å². The van der Waals surface area contributed by atoms with Gasteiger partial charge in [-0.2, -0.15) is 13.2 Å². The molecule has 0 saturated carbocycles. The number of anilines is 2. The molecule has 0 bridgehead atoms. The first kappa shape index (κ1) is 20.9. The third-order valence-electron chi connectivity index (χ3n) is 4.70. The molecule has 2 heterocycles. The minimum Gasteiger partial charge on any atom is -0.364 e. The highest BCUT2D eigenvalue weighted by molar-refractivity contribution is 6.08. The number of aromatic amines is 1. The van der Waals surface area contributed by atoms with Crippen LogP contribution >= 0.6 is 0 Å². The molecule has 7 nitrogen and oxygen atoms in total. The van der Waals surface area contributed by atoms with Gasteiger partial charge in [-0.15, -0.1) is 0 Å². The van der Waals surface area contributed by atoms with Gasteiger partial charge in [0.25, 0.3) is 5.91 Å². The van der Waals surface area contributed by atoms with Crippen molar-refractivity contribution in [2.45, 2.75) is 6.18 Å². The van der Waals surface area contributed by atoms with E-state index in [-0.39, 0.29) is 11.4 Å². The van der Waals surface area contributed by atoms with E-state index in [1.165, 1.54) is 12.1 Å². The van der Waals surface area contributed by atoms with Crippen molar-refractivity contribution < 1.29 is 22.8 Å². The van der Waals surface area contributed by atoms with Crippen LogP contribution in [0.3, 0.4) is 0 Å². The molecule has 0 aliphatic heterocycles. The molecule has 0 spiro atoms. The molecule has 4 rings (SSSR count). The van der Waals surface area contributed by atoms with Crippen LogP contribution in [0.2, 0.25) is 0 Å². The Balaban J connectivity index is 1.53. The number of benzene rings is 2. The average Bonchev–Trinajstić information content (AvgIpc) is 3.14. The number of H-pyrrole nitrogens is 1. The number of pyridine rings is 1. The van der Waals surface area contributed by atoms with Crippen molar-refractivity contribution in [3.8, 4) is 11.1 Å². The number of nitrogens with two attached hydrogens (primary N) is 1. The van der Waals surface area contributed by atoms with Crippen LogP contribution < -0.4 is 16.4 Å². The van der Waals surface area contributed by atoms with E-state index < -0.39 is 23.7 Å². The fourth-order valence-corrected chi connectivity index (χ4v) is 3.29. The van der Waals surface area contributed by atoms with Crippen LogP contribution in [0, 0.1) is 0 Å². The smallest absolute Gasteiger partial charge is 0.364 e. The second-order valence-electron chi connectivity index (χ2n) is 6.87. The van der Waals surface area contributed by atoms with Gasteiger partial charge < -0.3 is 21.4 Å². The van der Waals surface area contributed by atoms with Gasteiger partial charge in [-0.05, 0) is 48.0 Å². The van der Waals surface area contributed by atoms with E-state index in [1.54, 1.807) is 42.6 Å². The topological polar surface area (TPSA) is 113 Å². The number of carbonyl (C=O) groups is 2.